The fraction of sp³-hybridized carbons (Fsp3) is 0.200. The summed E-state index contributed by atoms with van der Waals surface area (Å²) in [5, 5.41) is 16.8. The topological polar surface area (TPSA) is 123 Å². The number of hydrogen-bond donors (Lipinski definition) is 3. The van der Waals surface area contributed by atoms with Gasteiger partial charge < -0.3 is 10.8 Å². The summed E-state index contributed by atoms with van der Waals surface area (Å²) in [6.07, 6.45) is 3.69. The third kappa shape index (κ3) is 7.23. The number of amides is 2. The van der Waals surface area contributed by atoms with Gasteiger partial charge in [-0.15, -0.1) is 0 Å². The van der Waals surface area contributed by atoms with Crippen LogP contribution >= 0.6 is 0 Å². The van der Waals surface area contributed by atoms with Gasteiger partial charge in [0.2, 0.25) is 5.91 Å². The summed E-state index contributed by atoms with van der Waals surface area (Å²) in [4.78, 5) is 30.0. The minimum atomic E-state index is -0.925. The van der Waals surface area contributed by atoms with Gasteiger partial charge in [-0.1, -0.05) is 69.3 Å². The van der Waals surface area contributed by atoms with Gasteiger partial charge in [0, 0.05) is 29.1 Å². The molecule has 2 amide bonds. The van der Waals surface area contributed by atoms with Crippen LogP contribution in [-0.2, 0) is 23.2 Å². The molecule has 8 heteroatoms. The summed E-state index contributed by atoms with van der Waals surface area (Å²) < 4.78 is 1.93. The highest BCUT2D eigenvalue weighted by Gasteiger charge is 2.20. The number of aromatic hydroxyl groups is 1. The molecule has 0 aliphatic heterocycles. The van der Waals surface area contributed by atoms with E-state index in [1.165, 1.54) is 17.7 Å². The van der Waals surface area contributed by atoms with E-state index in [9.17, 15) is 14.7 Å². The summed E-state index contributed by atoms with van der Waals surface area (Å²) in [6.45, 7) is 7.10. The van der Waals surface area contributed by atoms with Crippen molar-refractivity contribution < 1.29 is 14.7 Å². The van der Waals surface area contributed by atoms with E-state index in [-0.39, 0.29) is 17.6 Å². The number of pyridine rings is 1. The maximum Gasteiger partial charge on any atom is 0.257 e. The molecule has 0 bridgehead atoms. The Balaban J connectivity index is 1.39. The molecule has 0 fully saturated rings. The van der Waals surface area contributed by atoms with Crippen molar-refractivity contribution in [1.82, 2.24) is 20.1 Å². The van der Waals surface area contributed by atoms with E-state index in [0.29, 0.717) is 12.1 Å². The van der Waals surface area contributed by atoms with E-state index in [0.717, 1.165) is 33.6 Å². The largest absolute Gasteiger partial charge is 0.508 e. The molecule has 4 N–H and O–H groups in total. The molecular weight excluding hydrogens is 538 g/mol. The van der Waals surface area contributed by atoms with Crippen LogP contribution in [0.3, 0.4) is 0 Å². The molecule has 0 spiro atoms. The van der Waals surface area contributed by atoms with Crippen LogP contribution in [0.4, 0.5) is 0 Å². The third-order valence-electron chi connectivity index (χ3n) is 7.29. The lowest BCUT2D eigenvalue weighted by Gasteiger charge is -2.19. The molecule has 218 valence electrons. The minimum Gasteiger partial charge on any atom is -0.508 e. The molecule has 0 saturated carbocycles. The van der Waals surface area contributed by atoms with Crippen molar-refractivity contribution in [2.75, 3.05) is 0 Å². The number of imide groups is 1. The molecule has 0 radical (unpaired) electrons. The Labute approximate surface area is 251 Å². The summed E-state index contributed by atoms with van der Waals surface area (Å²) in [5.74, 6) is -0.983. The van der Waals surface area contributed by atoms with Gasteiger partial charge in [-0.2, -0.15) is 5.10 Å². The Morgan fingerprint density at radius 2 is 1.56 bits per heavy atom. The van der Waals surface area contributed by atoms with E-state index < -0.39 is 17.9 Å². The maximum atomic E-state index is 13.1. The number of nitrogens with one attached hydrogen (secondary N) is 1. The van der Waals surface area contributed by atoms with E-state index in [4.69, 9.17) is 10.8 Å². The second-order valence-corrected chi connectivity index (χ2v) is 11.6. The van der Waals surface area contributed by atoms with Crippen LogP contribution in [0.5, 0.6) is 5.75 Å². The Bertz CT molecular complexity index is 1720. The number of phenols is 1. The fourth-order valence-corrected chi connectivity index (χ4v) is 4.79. The van der Waals surface area contributed by atoms with Crippen LogP contribution in [0, 0.1) is 0 Å². The lowest BCUT2D eigenvalue weighted by Crippen LogP contribution is -2.44. The Morgan fingerprint density at radius 1 is 0.884 bits per heavy atom. The average Bonchev–Trinajstić information content (AvgIpc) is 3.42. The normalized spacial score (nSPS) is 12.1. The molecule has 0 aliphatic rings. The molecule has 8 nitrogen and oxygen atoms in total. The highest BCUT2D eigenvalue weighted by atomic mass is 16.3. The van der Waals surface area contributed by atoms with Crippen LogP contribution in [-0.4, -0.2) is 37.7 Å². The number of rotatable bonds is 8. The molecule has 0 aliphatic carbocycles. The molecule has 1 atom stereocenters. The van der Waals surface area contributed by atoms with Crippen LogP contribution in [0.2, 0.25) is 0 Å². The van der Waals surface area contributed by atoms with Gasteiger partial charge in [-0.05, 0) is 71.0 Å². The van der Waals surface area contributed by atoms with Gasteiger partial charge in [0.25, 0.3) is 5.91 Å². The van der Waals surface area contributed by atoms with Crippen molar-refractivity contribution in [3.63, 3.8) is 0 Å². The molecule has 0 saturated heterocycles. The first-order valence-electron chi connectivity index (χ1n) is 14.1. The highest BCUT2D eigenvalue weighted by Crippen LogP contribution is 2.28. The second kappa shape index (κ2) is 12.4. The van der Waals surface area contributed by atoms with E-state index in [2.05, 4.69) is 55.3 Å². The number of carbonyl (C=O) groups excluding carboxylic acids is 2. The lowest BCUT2D eigenvalue weighted by molar-refractivity contribution is -0.121. The molecule has 2 heterocycles. The van der Waals surface area contributed by atoms with Crippen LogP contribution in [0.1, 0.15) is 47.8 Å². The van der Waals surface area contributed by atoms with Gasteiger partial charge in [0.15, 0.2) is 0 Å². The zero-order valence-electron chi connectivity index (χ0n) is 24.5. The van der Waals surface area contributed by atoms with Crippen molar-refractivity contribution in [1.29, 1.82) is 0 Å². The Morgan fingerprint density at radius 3 is 2.23 bits per heavy atom. The fourth-order valence-electron chi connectivity index (χ4n) is 4.79. The average molecular weight is 574 g/mol. The van der Waals surface area contributed by atoms with Gasteiger partial charge in [-0.3, -0.25) is 24.6 Å². The van der Waals surface area contributed by atoms with E-state index >= 15 is 0 Å². The Kier molecular flexibility index (Phi) is 8.50. The first-order valence-corrected chi connectivity index (χ1v) is 14.1. The quantitative estimate of drug-likeness (QED) is 0.226. The van der Waals surface area contributed by atoms with Crippen LogP contribution < -0.4 is 11.1 Å². The molecule has 2 aromatic heterocycles. The molecule has 43 heavy (non-hydrogen) atoms. The van der Waals surface area contributed by atoms with E-state index in [1.807, 2.05) is 28.9 Å². The SMILES string of the molecule is CC(C)(C)c1ccc(Cn2nc(-c3ccncc3)cc2-c2cccc(C(=O)NC(=O)[C@@H](N)Cc3ccc(O)cc3)c2)cc1. The molecule has 0 unspecified atom stereocenters. The first-order chi connectivity index (χ1) is 20.6. The van der Waals surface area contributed by atoms with E-state index in [1.54, 1.807) is 42.7 Å². The van der Waals surface area contributed by atoms with Gasteiger partial charge >= 0.3 is 0 Å². The van der Waals surface area contributed by atoms with Gasteiger partial charge in [0.1, 0.15) is 5.75 Å². The number of phenolic OH excluding ortho intramolecular Hbond substituents is 1. The van der Waals surface area contributed by atoms with Gasteiger partial charge in [-0.25, -0.2) is 0 Å². The number of hydrogen-bond acceptors (Lipinski definition) is 6. The summed E-state index contributed by atoms with van der Waals surface area (Å²) in [5.41, 5.74) is 12.9. The molecule has 3 aromatic carbocycles. The van der Waals surface area contributed by atoms with Crippen molar-refractivity contribution >= 4 is 11.8 Å². The zero-order valence-corrected chi connectivity index (χ0v) is 24.5. The van der Waals surface area contributed by atoms with Crippen molar-refractivity contribution in [3.05, 3.63) is 126 Å². The van der Waals surface area contributed by atoms with Gasteiger partial charge in [0.05, 0.1) is 24.0 Å². The predicted molar refractivity (Wildman–Crippen MR) is 167 cm³/mol. The van der Waals surface area contributed by atoms with Crippen molar-refractivity contribution in [3.8, 4) is 28.3 Å². The smallest absolute Gasteiger partial charge is 0.257 e. The first kappa shape index (κ1) is 29.4. The molecule has 5 rings (SSSR count). The number of aromatic nitrogens is 3. The van der Waals surface area contributed by atoms with Crippen LogP contribution in [0.15, 0.2) is 103 Å². The maximum absolute atomic E-state index is 13.1. The number of nitrogens with two attached hydrogens (primary N) is 1. The summed E-state index contributed by atoms with van der Waals surface area (Å²) in [7, 11) is 0. The second-order valence-electron chi connectivity index (χ2n) is 11.6. The monoisotopic (exact) mass is 573 g/mol. The Hall–Kier alpha value is -5.08. The summed E-state index contributed by atoms with van der Waals surface area (Å²) in [6, 6.07) is 27.0. The molecular formula is C35H35N5O3. The third-order valence-corrected chi connectivity index (χ3v) is 7.29. The predicted octanol–water partition coefficient (Wildman–Crippen LogP) is 5.49. The van der Waals surface area contributed by atoms with Crippen molar-refractivity contribution in [2.45, 2.75) is 45.2 Å². The lowest BCUT2D eigenvalue weighted by atomic mass is 9.87. The number of nitrogens with zero attached hydrogens (tertiary/aromatic N) is 3. The number of benzene rings is 3. The van der Waals surface area contributed by atoms with Crippen molar-refractivity contribution in [2.24, 2.45) is 5.73 Å². The summed E-state index contributed by atoms with van der Waals surface area (Å²) >= 11 is 0. The minimum absolute atomic E-state index is 0.0573. The number of carbonyl (C=O) groups is 2. The molecule has 5 aromatic rings. The zero-order chi connectivity index (χ0) is 30.6. The van der Waals surface area contributed by atoms with Crippen LogP contribution in [0.25, 0.3) is 22.5 Å². The standard InChI is InChI=1S/C35H35N5O3/c1-35(2,3)28-11-7-24(8-12-28)22-40-32(21-31(39-40)25-15-17-37-18-16-25)26-5-4-6-27(20-26)33(42)38-34(43)30(36)19-23-9-13-29(41)14-10-23/h4-18,20-21,30,41H,19,22,36H2,1-3H3,(H,38,42,43)/t30-/m0/s1. The highest BCUT2D eigenvalue weighted by molar-refractivity contribution is 6.06.